The van der Waals surface area contributed by atoms with Gasteiger partial charge in [-0.2, -0.15) is 0 Å². The molecule has 2 aromatic carbocycles. The molecule has 0 unspecified atom stereocenters. The molecular weight excluding hydrogens is 244 g/mol. The van der Waals surface area contributed by atoms with Crippen LogP contribution in [0.4, 0.5) is 11.4 Å². The van der Waals surface area contributed by atoms with Crippen LogP contribution in [0.5, 0.6) is 0 Å². The maximum Gasteiger partial charge on any atom is 0.0633 e. The van der Waals surface area contributed by atoms with Crippen molar-refractivity contribution in [2.45, 2.75) is 25.7 Å². The van der Waals surface area contributed by atoms with Gasteiger partial charge in [0.05, 0.1) is 11.4 Å². The van der Waals surface area contributed by atoms with Crippen molar-refractivity contribution in [3.63, 3.8) is 0 Å². The molecule has 0 aliphatic carbocycles. The highest BCUT2D eigenvalue weighted by Gasteiger charge is 2.20. The van der Waals surface area contributed by atoms with Gasteiger partial charge in [-0.05, 0) is 42.9 Å². The second-order valence-corrected chi connectivity index (χ2v) is 5.53. The predicted molar refractivity (Wildman–Crippen MR) is 86.2 cm³/mol. The number of hydrogen-bond donors (Lipinski definition) is 1. The van der Waals surface area contributed by atoms with Crippen molar-refractivity contribution < 1.29 is 0 Å². The van der Waals surface area contributed by atoms with Gasteiger partial charge in [0, 0.05) is 13.1 Å². The molecule has 2 aromatic rings. The van der Waals surface area contributed by atoms with Crippen LogP contribution in [0.15, 0.2) is 48.5 Å². The zero-order valence-corrected chi connectivity index (χ0v) is 11.9. The van der Waals surface area contributed by atoms with E-state index in [-0.39, 0.29) is 0 Å². The Balaban J connectivity index is 1.51. The van der Waals surface area contributed by atoms with Crippen LogP contribution in [-0.4, -0.2) is 13.1 Å². The molecule has 0 saturated carbocycles. The van der Waals surface area contributed by atoms with Crippen molar-refractivity contribution in [2.75, 3.05) is 23.7 Å². The summed E-state index contributed by atoms with van der Waals surface area (Å²) >= 11 is 0. The molecule has 1 aliphatic rings. The van der Waals surface area contributed by atoms with E-state index in [0.29, 0.717) is 0 Å². The molecule has 20 heavy (non-hydrogen) atoms. The van der Waals surface area contributed by atoms with E-state index in [1.807, 2.05) is 6.07 Å². The third-order valence-corrected chi connectivity index (χ3v) is 4.10. The van der Waals surface area contributed by atoms with Crippen LogP contribution >= 0.6 is 0 Å². The monoisotopic (exact) mass is 266 g/mol. The summed E-state index contributed by atoms with van der Waals surface area (Å²) in [7, 11) is 0. The highest BCUT2D eigenvalue weighted by Crippen LogP contribution is 2.33. The van der Waals surface area contributed by atoms with Crippen LogP contribution in [0.1, 0.15) is 24.0 Å². The van der Waals surface area contributed by atoms with E-state index >= 15 is 0 Å². The van der Waals surface area contributed by atoms with Crippen LogP contribution in [0, 0.1) is 0 Å². The Morgan fingerprint density at radius 3 is 2.65 bits per heavy atom. The number of nitrogens with zero attached hydrogens (tertiary/aromatic N) is 1. The van der Waals surface area contributed by atoms with Crippen LogP contribution < -0.4 is 10.6 Å². The Labute approximate surface area is 121 Å². The van der Waals surface area contributed by atoms with Crippen LogP contribution in [0.25, 0.3) is 0 Å². The van der Waals surface area contributed by atoms with Crippen molar-refractivity contribution in [3.05, 3.63) is 59.7 Å². The van der Waals surface area contributed by atoms with Gasteiger partial charge in [-0.1, -0.05) is 42.5 Å². The van der Waals surface area contributed by atoms with Crippen molar-refractivity contribution >= 4 is 11.4 Å². The number of aryl methyl sites for hydroxylation is 1. The summed E-state index contributed by atoms with van der Waals surface area (Å²) in [6.45, 7) is 2.24. The molecule has 2 nitrogen and oxygen atoms in total. The summed E-state index contributed by atoms with van der Waals surface area (Å²) in [5.74, 6) is 0. The lowest BCUT2D eigenvalue weighted by molar-refractivity contribution is 0.700. The molecule has 0 radical (unpaired) electrons. The number of hydrogen-bond acceptors (Lipinski definition) is 2. The van der Waals surface area contributed by atoms with E-state index in [1.54, 1.807) is 0 Å². The SMILES string of the molecule is Nc1cccc2c1N(CCCCc1ccccc1)CC2. The minimum Gasteiger partial charge on any atom is -0.397 e. The van der Waals surface area contributed by atoms with Crippen LogP contribution in [0.3, 0.4) is 0 Å². The molecule has 1 aliphatic heterocycles. The van der Waals surface area contributed by atoms with Crippen molar-refractivity contribution in [1.82, 2.24) is 0 Å². The summed E-state index contributed by atoms with van der Waals surface area (Å²) in [5.41, 5.74) is 11.2. The molecule has 0 fully saturated rings. The van der Waals surface area contributed by atoms with E-state index in [4.69, 9.17) is 5.73 Å². The second kappa shape index (κ2) is 6.00. The maximum absolute atomic E-state index is 6.12. The molecule has 1 heterocycles. The zero-order valence-electron chi connectivity index (χ0n) is 11.9. The lowest BCUT2D eigenvalue weighted by atomic mass is 10.1. The largest absolute Gasteiger partial charge is 0.397 e. The number of unbranched alkanes of at least 4 members (excludes halogenated alkanes) is 1. The Morgan fingerprint density at radius 1 is 0.950 bits per heavy atom. The zero-order chi connectivity index (χ0) is 13.8. The van der Waals surface area contributed by atoms with Crippen molar-refractivity contribution in [1.29, 1.82) is 0 Å². The standard InChI is InChI=1S/C18H22N2/c19-17-11-6-10-16-12-14-20(18(16)17)13-5-4-9-15-7-2-1-3-8-15/h1-3,6-8,10-11H,4-5,9,12-14,19H2. The van der Waals surface area contributed by atoms with Crippen molar-refractivity contribution in [3.8, 4) is 0 Å². The summed E-state index contributed by atoms with van der Waals surface area (Å²) in [5, 5.41) is 0. The number of anilines is 2. The van der Waals surface area contributed by atoms with Crippen molar-refractivity contribution in [2.24, 2.45) is 0 Å². The minimum absolute atomic E-state index is 0.933. The molecule has 0 bridgehead atoms. The van der Waals surface area contributed by atoms with Gasteiger partial charge in [-0.15, -0.1) is 0 Å². The number of rotatable bonds is 5. The van der Waals surface area contributed by atoms with E-state index in [2.05, 4.69) is 47.4 Å². The Hall–Kier alpha value is -1.96. The molecule has 0 saturated heterocycles. The van der Waals surface area contributed by atoms with Crippen LogP contribution in [-0.2, 0) is 12.8 Å². The molecule has 104 valence electrons. The minimum atomic E-state index is 0.933. The van der Waals surface area contributed by atoms with Gasteiger partial charge in [0.15, 0.2) is 0 Å². The van der Waals surface area contributed by atoms with E-state index in [1.165, 1.54) is 36.1 Å². The smallest absolute Gasteiger partial charge is 0.0633 e. The molecule has 0 amide bonds. The molecule has 0 spiro atoms. The Bertz CT molecular complexity index is 563. The molecule has 2 heteroatoms. The van der Waals surface area contributed by atoms with Gasteiger partial charge < -0.3 is 10.6 Å². The molecule has 3 rings (SSSR count). The highest BCUT2D eigenvalue weighted by atomic mass is 15.2. The molecule has 0 atom stereocenters. The number of nitrogens with two attached hydrogens (primary N) is 1. The van der Waals surface area contributed by atoms with Gasteiger partial charge in [0.25, 0.3) is 0 Å². The average molecular weight is 266 g/mol. The normalized spacial score (nSPS) is 13.5. The quantitative estimate of drug-likeness (QED) is 0.661. The Morgan fingerprint density at radius 2 is 1.80 bits per heavy atom. The second-order valence-electron chi connectivity index (χ2n) is 5.53. The van der Waals surface area contributed by atoms with Gasteiger partial charge in [0.1, 0.15) is 0 Å². The van der Waals surface area contributed by atoms with E-state index in [9.17, 15) is 0 Å². The van der Waals surface area contributed by atoms with Gasteiger partial charge in [-0.25, -0.2) is 0 Å². The average Bonchev–Trinajstić information content (AvgIpc) is 2.89. The van der Waals surface area contributed by atoms with E-state index in [0.717, 1.165) is 25.2 Å². The summed E-state index contributed by atoms with van der Waals surface area (Å²) in [6.07, 6.45) is 4.77. The number of para-hydroxylation sites is 1. The fraction of sp³-hybridized carbons (Fsp3) is 0.333. The van der Waals surface area contributed by atoms with Gasteiger partial charge in [-0.3, -0.25) is 0 Å². The van der Waals surface area contributed by atoms with Gasteiger partial charge in [0.2, 0.25) is 0 Å². The number of benzene rings is 2. The first-order valence-electron chi connectivity index (χ1n) is 7.51. The highest BCUT2D eigenvalue weighted by molar-refractivity contribution is 5.74. The third kappa shape index (κ3) is 2.79. The fourth-order valence-electron chi connectivity index (χ4n) is 3.07. The third-order valence-electron chi connectivity index (χ3n) is 4.10. The summed E-state index contributed by atoms with van der Waals surface area (Å²) in [4.78, 5) is 2.45. The molecule has 0 aromatic heterocycles. The molecule has 2 N–H and O–H groups in total. The van der Waals surface area contributed by atoms with Gasteiger partial charge >= 0.3 is 0 Å². The summed E-state index contributed by atoms with van der Waals surface area (Å²) < 4.78 is 0. The summed E-state index contributed by atoms with van der Waals surface area (Å²) in [6, 6.07) is 17.0. The first-order chi connectivity index (χ1) is 9.84. The topological polar surface area (TPSA) is 29.3 Å². The number of fused-ring (bicyclic) bond motifs is 1. The van der Waals surface area contributed by atoms with Crippen LogP contribution in [0.2, 0.25) is 0 Å². The first kappa shape index (κ1) is 13.0. The Kier molecular flexibility index (Phi) is 3.91. The lowest BCUT2D eigenvalue weighted by Gasteiger charge is -2.20. The maximum atomic E-state index is 6.12. The van der Waals surface area contributed by atoms with E-state index < -0.39 is 0 Å². The molecular formula is C18H22N2. The first-order valence-corrected chi connectivity index (χ1v) is 7.51. The lowest BCUT2D eigenvalue weighted by Crippen LogP contribution is -2.22. The fourth-order valence-corrected chi connectivity index (χ4v) is 3.07. The number of nitrogen functional groups attached to an aromatic ring is 1. The predicted octanol–water partition coefficient (Wildman–Crippen LogP) is 3.65.